The third-order valence-corrected chi connectivity index (χ3v) is 7.15. The van der Waals surface area contributed by atoms with Crippen molar-refractivity contribution in [2.24, 2.45) is 0 Å². The van der Waals surface area contributed by atoms with Gasteiger partial charge in [0.25, 0.3) is 5.91 Å². The second-order valence-electron chi connectivity index (χ2n) is 7.74. The third kappa shape index (κ3) is 5.32. The fourth-order valence-corrected chi connectivity index (χ4v) is 5.06. The van der Waals surface area contributed by atoms with Crippen LogP contribution in [0.1, 0.15) is 29.0 Å². The maximum atomic E-state index is 14.4. The van der Waals surface area contributed by atoms with Crippen molar-refractivity contribution in [3.63, 3.8) is 0 Å². The molecule has 1 amide bonds. The van der Waals surface area contributed by atoms with Crippen LogP contribution in [0.25, 0.3) is 0 Å². The lowest BCUT2D eigenvalue weighted by atomic mass is 10.2. The molecule has 0 saturated carbocycles. The van der Waals surface area contributed by atoms with Gasteiger partial charge in [-0.1, -0.05) is 0 Å². The summed E-state index contributed by atoms with van der Waals surface area (Å²) in [6.45, 7) is 0.504. The number of halogens is 3. The fourth-order valence-electron chi connectivity index (χ4n) is 3.60. The van der Waals surface area contributed by atoms with E-state index in [1.807, 2.05) is 0 Å². The van der Waals surface area contributed by atoms with Gasteiger partial charge >= 0.3 is 0 Å². The first kappa shape index (κ1) is 24.0. The highest BCUT2D eigenvalue weighted by atomic mass is 32.2. The zero-order chi connectivity index (χ0) is 24.3. The molecular formula is C23H21F3N2O5S. The monoisotopic (exact) mass is 494 g/mol. The minimum atomic E-state index is -4.19. The van der Waals surface area contributed by atoms with E-state index < -0.39 is 38.9 Å². The molecule has 2 aromatic carbocycles. The molecule has 0 spiro atoms. The van der Waals surface area contributed by atoms with Crippen molar-refractivity contribution >= 4 is 21.6 Å². The van der Waals surface area contributed by atoms with E-state index in [0.717, 1.165) is 47.1 Å². The minimum Gasteiger partial charge on any atom is -0.468 e. The molecule has 1 aromatic heterocycles. The lowest BCUT2D eigenvalue weighted by Crippen LogP contribution is -2.37. The molecule has 1 unspecified atom stereocenters. The first-order chi connectivity index (χ1) is 16.2. The van der Waals surface area contributed by atoms with Crippen molar-refractivity contribution in [3.05, 3.63) is 83.6 Å². The summed E-state index contributed by atoms with van der Waals surface area (Å²) in [4.78, 5) is 12.3. The summed E-state index contributed by atoms with van der Waals surface area (Å²) in [5.41, 5.74) is -0.685. The third-order valence-electron chi connectivity index (χ3n) is 5.34. The Labute approximate surface area is 194 Å². The Balaban J connectivity index is 1.62. The molecule has 1 aliphatic rings. The number of amides is 1. The smallest absolute Gasteiger partial charge is 0.258 e. The number of hydrogen-bond acceptors (Lipinski definition) is 5. The van der Waals surface area contributed by atoms with Crippen LogP contribution in [0.15, 0.2) is 64.1 Å². The lowest BCUT2D eigenvalue weighted by Gasteiger charge is -2.24. The summed E-state index contributed by atoms with van der Waals surface area (Å²) in [6, 6.07) is 8.73. The molecule has 3 aromatic rings. The molecule has 180 valence electrons. The summed E-state index contributed by atoms with van der Waals surface area (Å²) in [5, 5.41) is 2.24. The maximum Gasteiger partial charge on any atom is 0.258 e. The van der Waals surface area contributed by atoms with Gasteiger partial charge in [-0.25, -0.2) is 21.6 Å². The van der Waals surface area contributed by atoms with Crippen molar-refractivity contribution in [1.29, 1.82) is 0 Å². The van der Waals surface area contributed by atoms with E-state index in [9.17, 15) is 26.4 Å². The van der Waals surface area contributed by atoms with Gasteiger partial charge in [-0.15, -0.1) is 0 Å². The van der Waals surface area contributed by atoms with Crippen LogP contribution in [0.5, 0.6) is 0 Å². The number of hydrogen-bond donors (Lipinski definition) is 1. The van der Waals surface area contributed by atoms with Crippen LogP contribution in [0.3, 0.4) is 0 Å². The van der Waals surface area contributed by atoms with Crippen molar-refractivity contribution in [1.82, 2.24) is 4.31 Å². The van der Waals surface area contributed by atoms with Crippen molar-refractivity contribution in [2.75, 3.05) is 18.5 Å². The van der Waals surface area contributed by atoms with E-state index >= 15 is 0 Å². The first-order valence-corrected chi connectivity index (χ1v) is 11.9. The van der Waals surface area contributed by atoms with Crippen molar-refractivity contribution in [2.45, 2.75) is 30.4 Å². The minimum absolute atomic E-state index is 0.0524. The quantitative estimate of drug-likeness (QED) is 0.504. The summed E-state index contributed by atoms with van der Waals surface area (Å²) in [6.07, 6.45) is 2.62. The molecule has 2 heterocycles. The number of furan rings is 1. The number of benzene rings is 2. The molecule has 1 N–H and O–H groups in total. The van der Waals surface area contributed by atoms with Crippen molar-refractivity contribution in [3.8, 4) is 0 Å². The van der Waals surface area contributed by atoms with E-state index in [1.165, 1.54) is 6.26 Å². The van der Waals surface area contributed by atoms with E-state index in [1.54, 1.807) is 12.1 Å². The molecule has 11 heteroatoms. The molecule has 1 atom stereocenters. The number of nitrogens with one attached hydrogen (secondary N) is 1. The molecule has 7 nitrogen and oxygen atoms in total. The predicted octanol–water partition coefficient (Wildman–Crippen LogP) is 4.32. The Bertz CT molecular complexity index is 1280. The van der Waals surface area contributed by atoms with E-state index in [0.29, 0.717) is 18.8 Å². The van der Waals surface area contributed by atoms with Gasteiger partial charge in [0, 0.05) is 24.9 Å². The van der Waals surface area contributed by atoms with Crippen LogP contribution < -0.4 is 5.32 Å². The zero-order valence-corrected chi connectivity index (χ0v) is 18.7. The Morgan fingerprint density at radius 3 is 2.53 bits per heavy atom. The number of carbonyl (C=O) groups is 1. The van der Waals surface area contributed by atoms with Gasteiger partial charge in [-0.3, -0.25) is 4.79 Å². The fraction of sp³-hybridized carbons (Fsp3) is 0.261. The second kappa shape index (κ2) is 10.00. The largest absolute Gasteiger partial charge is 0.468 e. The van der Waals surface area contributed by atoms with Gasteiger partial charge < -0.3 is 14.5 Å². The van der Waals surface area contributed by atoms with Crippen LogP contribution in [-0.2, 0) is 21.3 Å². The highest BCUT2D eigenvalue weighted by Crippen LogP contribution is 2.25. The number of carbonyl (C=O) groups excluding carboxylic acids is 1. The molecule has 0 aliphatic carbocycles. The molecule has 1 aliphatic heterocycles. The van der Waals surface area contributed by atoms with Gasteiger partial charge in [0.1, 0.15) is 11.6 Å². The molecule has 0 bridgehead atoms. The second-order valence-corrected chi connectivity index (χ2v) is 9.67. The van der Waals surface area contributed by atoms with Crippen LogP contribution >= 0.6 is 0 Å². The highest BCUT2D eigenvalue weighted by molar-refractivity contribution is 7.89. The molecule has 0 radical (unpaired) electrons. The lowest BCUT2D eigenvalue weighted by molar-refractivity contribution is 0.0914. The van der Waals surface area contributed by atoms with Gasteiger partial charge in [-0.05, 0) is 55.3 Å². The average Bonchev–Trinajstić information content (AvgIpc) is 3.50. The Hall–Kier alpha value is -3.15. The predicted molar refractivity (Wildman–Crippen MR) is 116 cm³/mol. The molecular weight excluding hydrogens is 473 g/mol. The Morgan fingerprint density at radius 2 is 1.85 bits per heavy atom. The van der Waals surface area contributed by atoms with E-state index in [2.05, 4.69) is 5.32 Å². The Morgan fingerprint density at radius 1 is 1.06 bits per heavy atom. The summed E-state index contributed by atoms with van der Waals surface area (Å²) in [5.74, 6) is -3.90. The van der Waals surface area contributed by atoms with Crippen LogP contribution in [0, 0.1) is 17.5 Å². The topological polar surface area (TPSA) is 88.9 Å². The average molecular weight is 494 g/mol. The SMILES string of the molecule is O=C(Nc1ccc(F)c(F)c1)c1cc(S(=O)(=O)N(Cc2ccco2)CC2CCCO2)ccc1F. The van der Waals surface area contributed by atoms with Crippen molar-refractivity contribution < 1.29 is 35.5 Å². The molecule has 34 heavy (non-hydrogen) atoms. The molecule has 4 rings (SSSR count). The van der Waals surface area contributed by atoms with Gasteiger partial charge in [0.2, 0.25) is 10.0 Å². The van der Waals surface area contributed by atoms with Crippen LogP contribution in [-0.4, -0.2) is 37.9 Å². The number of nitrogens with zero attached hydrogens (tertiary/aromatic N) is 1. The number of rotatable bonds is 8. The summed E-state index contributed by atoms with van der Waals surface area (Å²) in [7, 11) is -4.19. The number of anilines is 1. The maximum absolute atomic E-state index is 14.4. The number of ether oxygens (including phenoxy) is 1. The normalized spacial score (nSPS) is 16.2. The van der Waals surface area contributed by atoms with E-state index in [-0.39, 0.29) is 29.8 Å². The molecule has 1 saturated heterocycles. The molecule has 1 fully saturated rings. The van der Waals surface area contributed by atoms with Gasteiger partial charge in [-0.2, -0.15) is 4.31 Å². The van der Waals surface area contributed by atoms with Crippen LogP contribution in [0.2, 0.25) is 0 Å². The summed E-state index contributed by atoms with van der Waals surface area (Å²) >= 11 is 0. The van der Waals surface area contributed by atoms with Gasteiger partial charge in [0.05, 0.1) is 29.4 Å². The first-order valence-electron chi connectivity index (χ1n) is 10.4. The van der Waals surface area contributed by atoms with Gasteiger partial charge in [0.15, 0.2) is 11.6 Å². The van der Waals surface area contributed by atoms with Crippen LogP contribution in [0.4, 0.5) is 18.9 Å². The summed E-state index contributed by atoms with van der Waals surface area (Å²) < 4.78 is 80.0. The van der Waals surface area contributed by atoms with E-state index in [4.69, 9.17) is 9.15 Å². The Kier molecular flexibility index (Phi) is 7.05. The highest BCUT2D eigenvalue weighted by Gasteiger charge is 2.31. The standard InChI is InChI=1S/C23H21F3N2O5S/c24-20-8-6-18(12-19(20)23(29)27-15-5-7-21(25)22(26)11-15)34(30,31)28(13-16-3-1-9-32-16)14-17-4-2-10-33-17/h1,3,5-9,11-12,17H,2,4,10,13-14H2,(H,27,29). The zero-order valence-electron chi connectivity index (χ0n) is 17.8. The number of sulfonamides is 1.